The van der Waals surface area contributed by atoms with Gasteiger partial charge < -0.3 is 4.74 Å². The molecule has 0 amide bonds. The van der Waals surface area contributed by atoms with Crippen LogP contribution in [-0.4, -0.2) is 6.36 Å². The van der Waals surface area contributed by atoms with Gasteiger partial charge in [0.1, 0.15) is 0 Å². The molecule has 0 bridgehead atoms. The number of alkyl halides is 5. The second-order valence-electron chi connectivity index (χ2n) is 9.58. The third-order valence-electron chi connectivity index (χ3n) is 7.33. The van der Waals surface area contributed by atoms with Crippen LogP contribution in [0.4, 0.5) is 30.7 Å². The topological polar surface area (TPSA) is 9.23 Å². The van der Waals surface area contributed by atoms with Crippen LogP contribution >= 0.6 is 0 Å². The molecule has 3 rings (SSSR count). The molecule has 2 saturated carbocycles. The molecule has 1 nitrogen and oxygen atoms in total. The fraction of sp³-hybridized carbons (Fsp3) is 0.750. The zero-order valence-electron chi connectivity index (χ0n) is 18.3. The van der Waals surface area contributed by atoms with Gasteiger partial charge in [-0.3, -0.25) is 0 Å². The van der Waals surface area contributed by atoms with Crippen molar-refractivity contribution < 1.29 is 35.5 Å². The summed E-state index contributed by atoms with van der Waals surface area (Å²) < 4.78 is 97.3. The summed E-state index contributed by atoms with van der Waals surface area (Å²) in [6.07, 6.45) is 4.55. The van der Waals surface area contributed by atoms with Crippen LogP contribution in [0.3, 0.4) is 0 Å². The minimum Gasteiger partial charge on any atom is -0.399 e. The molecular formula is C24H31F7O. The molecule has 0 aliphatic heterocycles. The minimum atomic E-state index is -5.32. The van der Waals surface area contributed by atoms with E-state index in [1.54, 1.807) is 0 Å². The van der Waals surface area contributed by atoms with Crippen molar-refractivity contribution in [3.05, 3.63) is 29.3 Å². The lowest BCUT2D eigenvalue weighted by atomic mass is 9.68. The van der Waals surface area contributed by atoms with E-state index in [4.69, 9.17) is 0 Å². The van der Waals surface area contributed by atoms with E-state index in [9.17, 15) is 30.7 Å². The van der Waals surface area contributed by atoms with Crippen LogP contribution in [0.25, 0.3) is 0 Å². The number of ether oxygens (including phenoxy) is 1. The zero-order valence-corrected chi connectivity index (χ0v) is 18.3. The molecule has 182 valence electrons. The largest absolute Gasteiger partial charge is 0.573 e. The van der Waals surface area contributed by atoms with Crippen molar-refractivity contribution in [1.82, 2.24) is 0 Å². The van der Waals surface area contributed by atoms with E-state index in [1.807, 2.05) is 0 Å². The molecule has 0 spiro atoms. The number of hydrogen-bond donors (Lipinski definition) is 0. The molecule has 0 saturated heterocycles. The number of hydrogen-bond acceptors (Lipinski definition) is 1. The van der Waals surface area contributed by atoms with E-state index in [2.05, 4.69) is 11.7 Å². The maximum Gasteiger partial charge on any atom is 0.573 e. The van der Waals surface area contributed by atoms with Crippen LogP contribution in [-0.2, 0) is 5.92 Å². The molecule has 2 fully saturated rings. The maximum atomic E-state index is 14.7. The van der Waals surface area contributed by atoms with Crippen LogP contribution in [0.15, 0.2) is 12.1 Å². The Kier molecular flexibility index (Phi) is 8.02. The molecule has 0 aromatic heterocycles. The van der Waals surface area contributed by atoms with Crippen molar-refractivity contribution in [2.75, 3.05) is 0 Å². The summed E-state index contributed by atoms with van der Waals surface area (Å²) in [4.78, 5) is 0. The first kappa shape index (κ1) is 25.2. The van der Waals surface area contributed by atoms with Gasteiger partial charge in [0.2, 0.25) is 5.75 Å². The van der Waals surface area contributed by atoms with Crippen molar-refractivity contribution >= 4 is 0 Å². The second kappa shape index (κ2) is 10.2. The van der Waals surface area contributed by atoms with Crippen molar-refractivity contribution in [3.8, 4) is 5.75 Å². The first-order valence-electron chi connectivity index (χ1n) is 11.6. The minimum absolute atomic E-state index is 0.241. The normalized spacial score (nSPS) is 27.4. The summed E-state index contributed by atoms with van der Waals surface area (Å²) >= 11 is 0. The SMILES string of the molecule is CCC[C@H]1CC[C@H](C2CCC(CC(F)(F)c3cc(F)c(OC(F)(F)F)c(F)c3)CC2)CC1. The van der Waals surface area contributed by atoms with Gasteiger partial charge in [-0.05, 0) is 74.3 Å². The smallest absolute Gasteiger partial charge is 0.399 e. The molecule has 8 heteroatoms. The van der Waals surface area contributed by atoms with E-state index in [0.29, 0.717) is 24.7 Å². The van der Waals surface area contributed by atoms with Crippen molar-refractivity contribution in [1.29, 1.82) is 0 Å². The van der Waals surface area contributed by atoms with Gasteiger partial charge in [0.15, 0.2) is 11.6 Å². The van der Waals surface area contributed by atoms with E-state index in [0.717, 1.165) is 18.8 Å². The average Bonchev–Trinajstić information content (AvgIpc) is 2.71. The average molecular weight is 468 g/mol. The summed E-state index contributed by atoms with van der Waals surface area (Å²) in [6, 6.07) is 0.481. The molecule has 0 N–H and O–H groups in total. The second-order valence-corrected chi connectivity index (χ2v) is 9.58. The quantitative estimate of drug-likeness (QED) is 0.364. The van der Waals surface area contributed by atoms with Crippen molar-refractivity contribution in [2.45, 2.75) is 89.8 Å². The fourth-order valence-electron chi connectivity index (χ4n) is 5.69. The fourth-order valence-corrected chi connectivity index (χ4v) is 5.69. The lowest BCUT2D eigenvalue weighted by Gasteiger charge is -2.38. The lowest BCUT2D eigenvalue weighted by Crippen LogP contribution is -2.28. The third kappa shape index (κ3) is 6.53. The molecule has 0 atom stereocenters. The molecule has 2 aliphatic rings. The van der Waals surface area contributed by atoms with E-state index in [-0.39, 0.29) is 18.1 Å². The predicted molar refractivity (Wildman–Crippen MR) is 107 cm³/mol. The Balaban J connectivity index is 1.55. The molecule has 0 radical (unpaired) electrons. The highest BCUT2D eigenvalue weighted by Gasteiger charge is 2.40. The van der Waals surface area contributed by atoms with Crippen molar-refractivity contribution in [3.63, 3.8) is 0 Å². The van der Waals surface area contributed by atoms with E-state index < -0.39 is 41.7 Å². The Morgan fingerprint density at radius 1 is 0.781 bits per heavy atom. The highest BCUT2D eigenvalue weighted by Crippen LogP contribution is 2.46. The first-order chi connectivity index (χ1) is 15.0. The first-order valence-corrected chi connectivity index (χ1v) is 11.6. The Morgan fingerprint density at radius 3 is 1.69 bits per heavy atom. The van der Waals surface area contributed by atoms with Crippen LogP contribution < -0.4 is 4.74 Å². The van der Waals surface area contributed by atoms with Crippen LogP contribution in [0.5, 0.6) is 5.75 Å². The van der Waals surface area contributed by atoms with Gasteiger partial charge in [0.05, 0.1) is 0 Å². The molecule has 1 aromatic carbocycles. The predicted octanol–water partition coefficient (Wildman–Crippen LogP) is 8.76. The maximum absolute atomic E-state index is 14.7. The standard InChI is InChI=1S/C24H31F7O/c1-2-3-15-4-8-17(9-5-15)18-10-6-16(7-11-18)14-23(27,28)19-12-20(25)22(21(26)13-19)32-24(29,30)31/h12-13,15-18H,2-11,14H2,1H3/t15-,16?,17-,18?. The van der Waals surface area contributed by atoms with Gasteiger partial charge in [0.25, 0.3) is 5.92 Å². The number of rotatable bonds is 7. The van der Waals surface area contributed by atoms with Gasteiger partial charge in [-0.15, -0.1) is 13.2 Å². The highest BCUT2D eigenvalue weighted by molar-refractivity contribution is 5.33. The Bertz CT molecular complexity index is 722. The van der Waals surface area contributed by atoms with Gasteiger partial charge >= 0.3 is 6.36 Å². The monoisotopic (exact) mass is 468 g/mol. The molecule has 32 heavy (non-hydrogen) atoms. The molecule has 0 unspecified atom stereocenters. The molecule has 2 aliphatic carbocycles. The Morgan fingerprint density at radius 2 is 1.25 bits per heavy atom. The van der Waals surface area contributed by atoms with Crippen LogP contribution in [0.2, 0.25) is 0 Å². The summed E-state index contributed by atoms with van der Waals surface area (Å²) in [6.45, 7) is 2.20. The van der Waals surface area contributed by atoms with Crippen LogP contribution in [0, 0.1) is 35.3 Å². The Labute approximate surface area is 184 Å². The van der Waals surface area contributed by atoms with Crippen molar-refractivity contribution in [2.24, 2.45) is 23.7 Å². The summed E-state index contributed by atoms with van der Waals surface area (Å²) in [5.74, 6) is -7.08. The number of benzene rings is 1. The summed E-state index contributed by atoms with van der Waals surface area (Å²) in [5, 5.41) is 0. The molecule has 1 aromatic rings. The summed E-state index contributed by atoms with van der Waals surface area (Å²) in [5.41, 5.74) is -0.960. The van der Waals surface area contributed by atoms with E-state index >= 15 is 0 Å². The van der Waals surface area contributed by atoms with Crippen LogP contribution in [0.1, 0.15) is 83.1 Å². The Hall–Kier alpha value is -1.47. The highest BCUT2D eigenvalue weighted by atomic mass is 19.4. The third-order valence-corrected chi connectivity index (χ3v) is 7.33. The van der Waals surface area contributed by atoms with E-state index in [1.165, 1.54) is 38.5 Å². The van der Waals surface area contributed by atoms with Gasteiger partial charge in [0, 0.05) is 12.0 Å². The molecule has 0 heterocycles. The van der Waals surface area contributed by atoms with Gasteiger partial charge in [-0.2, -0.15) is 0 Å². The van der Waals surface area contributed by atoms with Gasteiger partial charge in [-0.25, -0.2) is 17.6 Å². The zero-order chi connectivity index (χ0) is 23.5. The number of halogens is 7. The lowest BCUT2D eigenvalue weighted by molar-refractivity contribution is -0.276. The van der Waals surface area contributed by atoms with Gasteiger partial charge in [-0.1, -0.05) is 32.6 Å². The summed E-state index contributed by atoms with van der Waals surface area (Å²) in [7, 11) is 0. The molecular weight excluding hydrogens is 437 g/mol.